The maximum Gasteiger partial charge on any atom is 0.246 e. The second kappa shape index (κ2) is 7.58. The van der Waals surface area contributed by atoms with Crippen molar-refractivity contribution in [2.75, 3.05) is 7.05 Å². The molecule has 7 heteroatoms. The standard InChI is InChI=1S/C19H17ClFN3O2/c1-13-17(9-10-18(25)23(2)12-16-4-3-11-26-16)19(20)24(22-13)15-7-5-14(21)6-8-15/h3-11H,12H2,1-2H3/b10-9+. The lowest BCUT2D eigenvalue weighted by Gasteiger charge is -2.12. The molecule has 0 fully saturated rings. The number of amides is 1. The van der Waals surface area contributed by atoms with Gasteiger partial charge < -0.3 is 9.32 Å². The normalized spacial score (nSPS) is 11.2. The van der Waals surface area contributed by atoms with E-state index in [1.807, 2.05) is 0 Å². The highest BCUT2D eigenvalue weighted by Crippen LogP contribution is 2.25. The van der Waals surface area contributed by atoms with Crippen LogP contribution in [-0.2, 0) is 11.3 Å². The van der Waals surface area contributed by atoms with Gasteiger partial charge in [-0.1, -0.05) is 11.6 Å². The number of carbonyl (C=O) groups excluding carboxylic acids is 1. The van der Waals surface area contributed by atoms with Crippen LogP contribution in [0, 0.1) is 12.7 Å². The van der Waals surface area contributed by atoms with Crippen LogP contribution in [0.4, 0.5) is 4.39 Å². The van der Waals surface area contributed by atoms with Gasteiger partial charge in [0.15, 0.2) is 0 Å². The molecule has 0 aliphatic heterocycles. The van der Waals surface area contributed by atoms with Crippen molar-refractivity contribution < 1.29 is 13.6 Å². The summed E-state index contributed by atoms with van der Waals surface area (Å²) in [6.07, 6.45) is 4.63. The Labute approximate surface area is 155 Å². The van der Waals surface area contributed by atoms with E-state index < -0.39 is 0 Å². The highest BCUT2D eigenvalue weighted by Gasteiger charge is 2.14. The van der Waals surface area contributed by atoms with Crippen LogP contribution in [0.25, 0.3) is 11.8 Å². The van der Waals surface area contributed by atoms with E-state index in [1.165, 1.54) is 27.8 Å². The Balaban J connectivity index is 1.78. The molecule has 3 rings (SSSR count). The first-order valence-electron chi connectivity index (χ1n) is 7.92. The highest BCUT2D eigenvalue weighted by atomic mass is 35.5. The van der Waals surface area contributed by atoms with Gasteiger partial charge in [0.05, 0.1) is 24.2 Å². The number of nitrogens with zero attached hydrogens (tertiary/aromatic N) is 3. The minimum absolute atomic E-state index is 0.189. The number of halogens is 2. The fourth-order valence-corrected chi connectivity index (χ4v) is 2.79. The second-order valence-electron chi connectivity index (χ2n) is 5.79. The number of hydrogen-bond acceptors (Lipinski definition) is 3. The maximum absolute atomic E-state index is 13.1. The first-order valence-corrected chi connectivity index (χ1v) is 8.30. The van der Waals surface area contributed by atoms with Crippen LogP contribution in [0.3, 0.4) is 0 Å². The van der Waals surface area contributed by atoms with Gasteiger partial charge in [-0.25, -0.2) is 9.07 Å². The van der Waals surface area contributed by atoms with Crippen molar-refractivity contribution in [3.05, 3.63) is 76.7 Å². The molecular formula is C19H17ClFN3O2. The van der Waals surface area contributed by atoms with Gasteiger partial charge >= 0.3 is 0 Å². The van der Waals surface area contributed by atoms with E-state index in [2.05, 4.69) is 5.10 Å². The molecule has 3 aromatic rings. The predicted molar refractivity (Wildman–Crippen MR) is 97.5 cm³/mol. The van der Waals surface area contributed by atoms with E-state index in [0.717, 1.165) is 0 Å². The summed E-state index contributed by atoms with van der Waals surface area (Å²) in [4.78, 5) is 13.8. The fraction of sp³-hybridized carbons (Fsp3) is 0.158. The Morgan fingerprint density at radius 3 is 2.73 bits per heavy atom. The van der Waals surface area contributed by atoms with Crippen molar-refractivity contribution in [1.82, 2.24) is 14.7 Å². The summed E-state index contributed by atoms with van der Waals surface area (Å²) in [5, 5.41) is 4.72. The largest absolute Gasteiger partial charge is 0.467 e. The molecule has 0 bridgehead atoms. The summed E-state index contributed by atoms with van der Waals surface area (Å²) in [6.45, 7) is 2.17. The molecule has 0 unspecified atom stereocenters. The molecule has 0 radical (unpaired) electrons. The highest BCUT2D eigenvalue weighted by molar-refractivity contribution is 6.31. The van der Waals surface area contributed by atoms with Crippen LogP contribution in [-0.4, -0.2) is 27.6 Å². The monoisotopic (exact) mass is 373 g/mol. The SMILES string of the molecule is Cc1nn(-c2ccc(F)cc2)c(Cl)c1/C=C/C(=O)N(C)Cc1ccco1. The van der Waals surface area contributed by atoms with Crippen molar-refractivity contribution in [1.29, 1.82) is 0 Å². The number of benzene rings is 1. The van der Waals surface area contributed by atoms with Crippen LogP contribution in [0.2, 0.25) is 5.15 Å². The van der Waals surface area contributed by atoms with Crippen LogP contribution < -0.4 is 0 Å². The summed E-state index contributed by atoms with van der Waals surface area (Å²) in [5.41, 5.74) is 1.94. The molecule has 2 aromatic heterocycles. The number of furan rings is 1. The molecule has 0 aliphatic carbocycles. The molecule has 134 valence electrons. The van der Waals surface area contributed by atoms with E-state index in [4.69, 9.17) is 16.0 Å². The first-order chi connectivity index (χ1) is 12.5. The second-order valence-corrected chi connectivity index (χ2v) is 6.14. The van der Waals surface area contributed by atoms with Gasteiger partial charge in [-0.2, -0.15) is 5.10 Å². The number of aromatic nitrogens is 2. The van der Waals surface area contributed by atoms with Crippen LogP contribution in [0.1, 0.15) is 17.0 Å². The van der Waals surface area contributed by atoms with Gasteiger partial charge in [-0.15, -0.1) is 0 Å². The molecule has 2 heterocycles. The lowest BCUT2D eigenvalue weighted by atomic mass is 10.2. The van der Waals surface area contributed by atoms with E-state index in [1.54, 1.807) is 50.6 Å². The molecule has 0 aliphatic rings. The van der Waals surface area contributed by atoms with Crippen LogP contribution >= 0.6 is 11.6 Å². The van der Waals surface area contributed by atoms with Crippen molar-refractivity contribution >= 4 is 23.6 Å². The molecule has 5 nitrogen and oxygen atoms in total. The molecule has 26 heavy (non-hydrogen) atoms. The van der Waals surface area contributed by atoms with E-state index in [9.17, 15) is 9.18 Å². The lowest BCUT2D eigenvalue weighted by molar-refractivity contribution is -0.125. The zero-order chi connectivity index (χ0) is 18.7. The van der Waals surface area contributed by atoms with Crippen molar-refractivity contribution in [3.8, 4) is 5.69 Å². The number of carbonyl (C=O) groups is 1. The molecule has 1 aromatic carbocycles. The van der Waals surface area contributed by atoms with Crippen molar-refractivity contribution in [2.45, 2.75) is 13.5 Å². The van der Waals surface area contributed by atoms with Gasteiger partial charge in [0.25, 0.3) is 0 Å². The van der Waals surface area contributed by atoms with E-state index in [-0.39, 0.29) is 11.7 Å². The Morgan fingerprint density at radius 2 is 2.08 bits per heavy atom. The predicted octanol–water partition coefficient (Wildman–Crippen LogP) is 4.24. The number of hydrogen-bond donors (Lipinski definition) is 0. The molecule has 0 spiro atoms. The molecule has 0 saturated heterocycles. The Morgan fingerprint density at radius 1 is 1.35 bits per heavy atom. The van der Waals surface area contributed by atoms with Crippen LogP contribution in [0.5, 0.6) is 0 Å². The van der Waals surface area contributed by atoms with Gasteiger partial charge in [0.1, 0.15) is 16.7 Å². The smallest absolute Gasteiger partial charge is 0.246 e. The average Bonchev–Trinajstić information content (AvgIpc) is 3.22. The third kappa shape index (κ3) is 3.86. The zero-order valence-electron chi connectivity index (χ0n) is 14.3. The Hall–Kier alpha value is -2.86. The molecular weight excluding hydrogens is 357 g/mol. The lowest BCUT2D eigenvalue weighted by Crippen LogP contribution is -2.23. The molecule has 0 atom stereocenters. The first kappa shape index (κ1) is 17.9. The molecule has 0 N–H and O–H groups in total. The van der Waals surface area contributed by atoms with Crippen molar-refractivity contribution in [2.24, 2.45) is 0 Å². The summed E-state index contributed by atoms with van der Waals surface area (Å²) in [7, 11) is 1.69. The average molecular weight is 374 g/mol. The third-order valence-electron chi connectivity index (χ3n) is 3.86. The van der Waals surface area contributed by atoms with Gasteiger partial charge in [-0.3, -0.25) is 4.79 Å². The maximum atomic E-state index is 13.1. The van der Waals surface area contributed by atoms with Crippen molar-refractivity contribution in [3.63, 3.8) is 0 Å². The fourth-order valence-electron chi connectivity index (χ4n) is 2.45. The summed E-state index contributed by atoms with van der Waals surface area (Å²) < 4.78 is 19.8. The minimum atomic E-state index is -0.334. The summed E-state index contributed by atoms with van der Waals surface area (Å²) in [6, 6.07) is 9.43. The number of likely N-dealkylation sites (N-methyl/N-ethyl adjacent to an activating group) is 1. The number of aryl methyl sites for hydroxylation is 1. The minimum Gasteiger partial charge on any atom is -0.467 e. The quantitative estimate of drug-likeness (QED) is 0.628. The van der Waals surface area contributed by atoms with E-state index >= 15 is 0 Å². The third-order valence-corrected chi connectivity index (χ3v) is 4.22. The zero-order valence-corrected chi connectivity index (χ0v) is 15.1. The topological polar surface area (TPSA) is 51.3 Å². The summed E-state index contributed by atoms with van der Waals surface area (Å²) >= 11 is 6.40. The van der Waals surface area contributed by atoms with E-state index in [0.29, 0.717) is 34.4 Å². The Bertz CT molecular complexity index is 931. The Kier molecular flexibility index (Phi) is 5.23. The molecule has 0 saturated carbocycles. The van der Waals surface area contributed by atoms with Gasteiger partial charge in [-0.05, 0) is 49.4 Å². The van der Waals surface area contributed by atoms with Crippen LogP contribution in [0.15, 0.2) is 53.2 Å². The van der Waals surface area contributed by atoms with Gasteiger partial charge in [0, 0.05) is 18.7 Å². The summed E-state index contributed by atoms with van der Waals surface area (Å²) in [5.74, 6) is 0.179. The molecule has 1 amide bonds. The van der Waals surface area contributed by atoms with Gasteiger partial charge in [0.2, 0.25) is 5.91 Å². The number of rotatable bonds is 5.